The van der Waals surface area contributed by atoms with E-state index in [9.17, 15) is 4.79 Å². The average Bonchev–Trinajstić information content (AvgIpc) is 3.09. The summed E-state index contributed by atoms with van der Waals surface area (Å²) in [6.07, 6.45) is 1.76. The van der Waals surface area contributed by atoms with E-state index >= 15 is 0 Å². The molecule has 0 unspecified atom stereocenters. The normalized spacial score (nSPS) is 12.0. The second kappa shape index (κ2) is 7.97. The standard InChI is InChI=1S/C24H22N6O2/c1-15-8-4-5-9-17(15)14-25-30-22-20(24(31)29(12-13-32-3)16(2)26-22)21-23(30)28-19-11-7-6-10-18(19)27-21/h4-11,14H,12-13H2,1-3H3/b25-14-. The summed E-state index contributed by atoms with van der Waals surface area (Å²) in [7, 11) is 1.61. The Morgan fingerprint density at radius 1 is 0.969 bits per heavy atom. The summed E-state index contributed by atoms with van der Waals surface area (Å²) in [6.45, 7) is 4.65. The topological polar surface area (TPSA) is 87.2 Å². The Hall–Kier alpha value is -3.91. The van der Waals surface area contributed by atoms with Gasteiger partial charge in [0.2, 0.25) is 0 Å². The molecule has 3 heterocycles. The van der Waals surface area contributed by atoms with Gasteiger partial charge in [0, 0.05) is 7.11 Å². The van der Waals surface area contributed by atoms with E-state index in [1.165, 1.54) is 0 Å². The van der Waals surface area contributed by atoms with Gasteiger partial charge >= 0.3 is 0 Å². The van der Waals surface area contributed by atoms with E-state index in [0.717, 1.165) is 16.6 Å². The number of aryl methyl sites for hydroxylation is 2. The Balaban J connectivity index is 1.85. The Labute approximate surface area is 183 Å². The van der Waals surface area contributed by atoms with Crippen molar-refractivity contribution >= 4 is 39.4 Å². The fourth-order valence-electron chi connectivity index (χ4n) is 3.82. The van der Waals surface area contributed by atoms with Gasteiger partial charge in [0.05, 0.1) is 30.4 Å². The van der Waals surface area contributed by atoms with E-state index in [-0.39, 0.29) is 5.56 Å². The summed E-state index contributed by atoms with van der Waals surface area (Å²) in [5, 5.41) is 5.09. The number of hydrogen-bond donors (Lipinski definition) is 0. The number of hydrogen-bond acceptors (Lipinski definition) is 6. The number of nitrogens with zero attached hydrogens (tertiary/aromatic N) is 6. The number of ether oxygens (including phenoxy) is 1. The Morgan fingerprint density at radius 2 is 1.69 bits per heavy atom. The van der Waals surface area contributed by atoms with Crippen LogP contribution in [0, 0.1) is 13.8 Å². The van der Waals surface area contributed by atoms with Crippen molar-refractivity contribution < 1.29 is 4.74 Å². The van der Waals surface area contributed by atoms with Crippen molar-refractivity contribution in [3.63, 3.8) is 0 Å². The molecular weight excluding hydrogens is 404 g/mol. The van der Waals surface area contributed by atoms with Crippen molar-refractivity contribution in [3.05, 3.63) is 75.8 Å². The SMILES string of the molecule is COCCn1c(C)nc2c(c1=O)c1nc3ccccc3nc1n2/N=C\c1ccccc1C. The number of para-hydroxylation sites is 2. The van der Waals surface area contributed by atoms with Crippen LogP contribution in [0.25, 0.3) is 33.2 Å². The minimum Gasteiger partial charge on any atom is -0.383 e. The van der Waals surface area contributed by atoms with Gasteiger partial charge in [-0.3, -0.25) is 9.36 Å². The lowest BCUT2D eigenvalue weighted by Crippen LogP contribution is -2.25. The van der Waals surface area contributed by atoms with Crippen molar-refractivity contribution in [1.29, 1.82) is 0 Å². The van der Waals surface area contributed by atoms with Crippen LogP contribution in [0.3, 0.4) is 0 Å². The zero-order valence-corrected chi connectivity index (χ0v) is 18.1. The molecule has 0 N–H and O–H groups in total. The number of fused-ring (bicyclic) bond motifs is 4. The molecule has 0 amide bonds. The molecule has 0 fully saturated rings. The van der Waals surface area contributed by atoms with Gasteiger partial charge in [0.1, 0.15) is 16.7 Å². The molecule has 0 aliphatic carbocycles. The first kappa shape index (κ1) is 20.0. The number of rotatable bonds is 5. The van der Waals surface area contributed by atoms with Crippen LogP contribution in [0.1, 0.15) is 17.0 Å². The fraction of sp³-hybridized carbons (Fsp3) is 0.208. The third kappa shape index (κ3) is 3.25. The summed E-state index contributed by atoms with van der Waals surface area (Å²) in [5.41, 5.74) is 4.76. The van der Waals surface area contributed by atoms with Gasteiger partial charge in [-0.05, 0) is 37.1 Å². The smallest absolute Gasteiger partial charge is 0.265 e. The first-order valence-electron chi connectivity index (χ1n) is 10.4. The molecule has 0 radical (unpaired) electrons. The van der Waals surface area contributed by atoms with Gasteiger partial charge in [-0.1, -0.05) is 36.4 Å². The molecular formula is C24H22N6O2. The zero-order valence-electron chi connectivity index (χ0n) is 18.1. The fourth-order valence-corrected chi connectivity index (χ4v) is 3.82. The Bertz CT molecular complexity index is 1560. The van der Waals surface area contributed by atoms with Crippen LogP contribution in [-0.4, -0.2) is 44.1 Å². The van der Waals surface area contributed by atoms with E-state index in [0.29, 0.717) is 46.7 Å². The third-order valence-corrected chi connectivity index (χ3v) is 5.55. The van der Waals surface area contributed by atoms with Gasteiger partial charge in [-0.25, -0.2) is 15.0 Å². The van der Waals surface area contributed by atoms with Crippen LogP contribution in [-0.2, 0) is 11.3 Å². The highest BCUT2D eigenvalue weighted by molar-refractivity contribution is 6.05. The molecule has 2 aromatic carbocycles. The van der Waals surface area contributed by atoms with Crippen LogP contribution in [0.4, 0.5) is 0 Å². The van der Waals surface area contributed by atoms with Crippen LogP contribution in [0.15, 0.2) is 58.4 Å². The molecule has 8 heteroatoms. The highest BCUT2D eigenvalue weighted by atomic mass is 16.5. The molecule has 5 aromatic rings. The lowest BCUT2D eigenvalue weighted by Gasteiger charge is -2.08. The minimum atomic E-state index is -0.177. The number of methoxy groups -OCH3 is 1. The van der Waals surface area contributed by atoms with Gasteiger partial charge in [-0.2, -0.15) is 9.78 Å². The first-order valence-corrected chi connectivity index (χ1v) is 10.4. The van der Waals surface area contributed by atoms with Crippen LogP contribution >= 0.6 is 0 Å². The lowest BCUT2D eigenvalue weighted by molar-refractivity contribution is 0.185. The molecule has 5 rings (SSSR count). The summed E-state index contributed by atoms with van der Waals surface area (Å²) < 4.78 is 8.40. The summed E-state index contributed by atoms with van der Waals surface area (Å²) in [4.78, 5) is 27.8. The molecule has 0 aliphatic rings. The second-order valence-electron chi connectivity index (χ2n) is 7.60. The molecule has 8 nitrogen and oxygen atoms in total. The highest BCUT2D eigenvalue weighted by Gasteiger charge is 2.21. The maximum Gasteiger partial charge on any atom is 0.265 e. The molecule has 0 spiro atoms. The van der Waals surface area contributed by atoms with E-state index in [1.54, 1.807) is 29.5 Å². The summed E-state index contributed by atoms with van der Waals surface area (Å²) in [6, 6.07) is 15.5. The van der Waals surface area contributed by atoms with Crippen LogP contribution < -0.4 is 5.56 Å². The van der Waals surface area contributed by atoms with Crippen LogP contribution in [0.5, 0.6) is 0 Å². The van der Waals surface area contributed by atoms with Crippen molar-refractivity contribution in [2.24, 2.45) is 5.10 Å². The predicted molar refractivity (Wildman–Crippen MR) is 125 cm³/mol. The highest BCUT2D eigenvalue weighted by Crippen LogP contribution is 2.25. The molecule has 3 aromatic heterocycles. The molecule has 0 aliphatic heterocycles. The van der Waals surface area contributed by atoms with Gasteiger partial charge in [-0.15, -0.1) is 0 Å². The monoisotopic (exact) mass is 426 g/mol. The second-order valence-corrected chi connectivity index (χ2v) is 7.60. The lowest BCUT2D eigenvalue weighted by atomic mass is 10.1. The third-order valence-electron chi connectivity index (χ3n) is 5.55. The van der Waals surface area contributed by atoms with Crippen molar-refractivity contribution in [2.45, 2.75) is 20.4 Å². The van der Waals surface area contributed by atoms with Crippen LogP contribution in [0.2, 0.25) is 0 Å². The quantitative estimate of drug-likeness (QED) is 0.402. The van der Waals surface area contributed by atoms with E-state index < -0.39 is 0 Å². The average molecular weight is 426 g/mol. The summed E-state index contributed by atoms with van der Waals surface area (Å²) in [5.74, 6) is 0.583. The molecule has 160 valence electrons. The molecule has 0 atom stereocenters. The number of aromatic nitrogens is 5. The zero-order chi connectivity index (χ0) is 22.2. The minimum absolute atomic E-state index is 0.177. The van der Waals surface area contributed by atoms with Gasteiger partial charge in [0.25, 0.3) is 5.56 Å². The maximum absolute atomic E-state index is 13.5. The van der Waals surface area contributed by atoms with E-state index in [2.05, 4.69) is 5.10 Å². The molecule has 0 saturated heterocycles. The van der Waals surface area contributed by atoms with E-state index in [1.807, 2.05) is 55.5 Å². The van der Waals surface area contributed by atoms with Crippen molar-refractivity contribution in [1.82, 2.24) is 24.2 Å². The first-order chi connectivity index (χ1) is 15.6. The summed E-state index contributed by atoms with van der Waals surface area (Å²) >= 11 is 0. The largest absolute Gasteiger partial charge is 0.383 e. The number of benzene rings is 2. The maximum atomic E-state index is 13.5. The van der Waals surface area contributed by atoms with Crippen molar-refractivity contribution in [2.75, 3.05) is 13.7 Å². The Kier molecular flexibility index (Phi) is 4.99. The molecule has 32 heavy (non-hydrogen) atoms. The predicted octanol–water partition coefficient (Wildman–Crippen LogP) is 3.44. The van der Waals surface area contributed by atoms with Gasteiger partial charge < -0.3 is 4.74 Å². The molecule has 0 saturated carbocycles. The van der Waals surface area contributed by atoms with Crippen molar-refractivity contribution in [3.8, 4) is 0 Å². The van der Waals surface area contributed by atoms with Gasteiger partial charge in [0.15, 0.2) is 11.3 Å². The van der Waals surface area contributed by atoms with E-state index in [4.69, 9.17) is 19.7 Å². The Morgan fingerprint density at radius 3 is 2.44 bits per heavy atom. The molecule has 0 bridgehead atoms.